The molecule has 3 rings (SSSR count). The van der Waals surface area contributed by atoms with Crippen LogP contribution in [-0.2, 0) is 26.2 Å². The summed E-state index contributed by atoms with van der Waals surface area (Å²) in [6.45, 7) is 11.3. The van der Waals surface area contributed by atoms with E-state index in [2.05, 4.69) is 5.32 Å². The zero-order valence-corrected chi connectivity index (χ0v) is 25.5. The topological polar surface area (TPSA) is 86.8 Å². The molecule has 0 fully saturated rings. The van der Waals surface area contributed by atoms with Crippen LogP contribution in [0.1, 0.15) is 43.0 Å². The molecule has 0 saturated carbocycles. The molecule has 214 valence electrons. The number of benzene rings is 3. The number of nitrogens with one attached hydrogen (secondary N) is 1. The van der Waals surface area contributed by atoms with Gasteiger partial charge in [0.2, 0.25) is 11.8 Å². The Bertz CT molecular complexity index is 1440. The third-order valence-corrected chi connectivity index (χ3v) is 8.67. The predicted octanol–water partition coefficient (Wildman–Crippen LogP) is 5.65. The minimum atomic E-state index is -4.12. The summed E-state index contributed by atoms with van der Waals surface area (Å²) in [5.41, 5.74) is 3.67. The first-order valence-corrected chi connectivity index (χ1v) is 15.1. The molecule has 0 unspecified atom stereocenters. The van der Waals surface area contributed by atoms with Gasteiger partial charge in [-0.3, -0.25) is 13.9 Å². The molecule has 0 aliphatic heterocycles. The first kappa shape index (κ1) is 31.2. The van der Waals surface area contributed by atoms with E-state index in [0.717, 1.165) is 21.0 Å². The van der Waals surface area contributed by atoms with Crippen LogP contribution in [-0.4, -0.2) is 44.3 Å². The van der Waals surface area contributed by atoms with Crippen molar-refractivity contribution in [3.8, 4) is 0 Å². The van der Waals surface area contributed by atoms with Gasteiger partial charge in [0.1, 0.15) is 12.6 Å². The van der Waals surface area contributed by atoms with Crippen LogP contribution in [0, 0.1) is 26.7 Å². The van der Waals surface area contributed by atoms with Crippen LogP contribution in [0.25, 0.3) is 0 Å². The number of anilines is 1. The van der Waals surface area contributed by atoms with Gasteiger partial charge >= 0.3 is 0 Å². The maximum absolute atomic E-state index is 14.0. The summed E-state index contributed by atoms with van der Waals surface area (Å²) < 4.78 is 29.2. The number of rotatable bonds is 11. The van der Waals surface area contributed by atoms with E-state index in [-0.39, 0.29) is 23.3 Å². The fraction of sp³-hybridized carbons (Fsp3) is 0.355. The quantitative estimate of drug-likeness (QED) is 0.316. The molecule has 9 heteroatoms. The summed E-state index contributed by atoms with van der Waals surface area (Å²) in [5, 5.41) is 3.44. The Labute approximate surface area is 243 Å². The number of nitrogens with zero attached hydrogens (tertiary/aromatic N) is 2. The second-order valence-corrected chi connectivity index (χ2v) is 12.9. The van der Waals surface area contributed by atoms with Gasteiger partial charge in [0.05, 0.1) is 10.6 Å². The van der Waals surface area contributed by atoms with Crippen molar-refractivity contribution in [2.75, 3.05) is 17.4 Å². The Hall–Kier alpha value is -3.36. The van der Waals surface area contributed by atoms with Crippen LogP contribution in [0.2, 0.25) is 5.02 Å². The molecular weight excluding hydrogens is 546 g/mol. The number of hydrogen-bond acceptors (Lipinski definition) is 4. The van der Waals surface area contributed by atoms with Gasteiger partial charge in [-0.2, -0.15) is 0 Å². The van der Waals surface area contributed by atoms with E-state index in [1.54, 1.807) is 61.5 Å². The van der Waals surface area contributed by atoms with Gasteiger partial charge in [-0.15, -0.1) is 0 Å². The van der Waals surface area contributed by atoms with Gasteiger partial charge in [0.15, 0.2) is 0 Å². The molecule has 0 aliphatic rings. The molecule has 0 aromatic heterocycles. The monoisotopic (exact) mass is 583 g/mol. The number of carbonyl (C=O) groups is 2. The summed E-state index contributed by atoms with van der Waals surface area (Å²) in [6.07, 6.45) is 0. The number of aryl methyl sites for hydroxylation is 3. The summed E-state index contributed by atoms with van der Waals surface area (Å²) in [5.74, 6) is -0.578. The molecule has 7 nitrogen and oxygen atoms in total. The van der Waals surface area contributed by atoms with Gasteiger partial charge in [0.25, 0.3) is 10.0 Å². The van der Waals surface area contributed by atoms with E-state index in [0.29, 0.717) is 22.8 Å². The summed E-state index contributed by atoms with van der Waals surface area (Å²) in [7, 11) is -4.12. The molecule has 0 heterocycles. The lowest BCUT2D eigenvalue weighted by molar-refractivity contribution is -0.139. The van der Waals surface area contributed by atoms with Crippen molar-refractivity contribution in [1.82, 2.24) is 10.2 Å². The Balaban J connectivity index is 2.05. The number of amides is 2. The van der Waals surface area contributed by atoms with Crippen LogP contribution in [0.3, 0.4) is 0 Å². The number of hydrogen-bond donors (Lipinski definition) is 1. The summed E-state index contributed by atoms with van der Waals surface area (Å²) in [4.78, 5) is 28.6. The molecule has 0 aliphatic carbocycles. The Kier molecular flexibility index (Phi) is 10.4. The molecule has 1 N–H and O–H groups in total. The van der Waals surface area contributed by atoms with Gasteiger partial charge in [0, 0.05) is 18.1 Å². The standard InChI is InChI=1S/C31H38ClN3O4S/c1-21(2)18-33-31(37)25(6)34(19-26-11-13-27(32)14-12-26)30(36)20-35(29-17-23(4)7-10-24(29)5)40(38,39)28-15-8-22(3)9-16-28/h7-17,21,25H,18-20H2,1-6H3,(H,33,37)/t25-/m1/s1. The molecule has 0 bridgehead atoms. The predicted molar refractivity (Wildman–Crippen MR) is 161 cm³/mol. The molecule has 40 heavy (non-hydrogen) atoms. The van der Waals surface area contributed by atoms with Crippen molar-refractivity contribution < 1.29 is 18.0 Å². The second kappa shape index (κ2) is 13.3. The number of sulfonamides is 1. The van der Waals surface area contributed by atoms with Crippen LogP contribution in [0.15, 0.2) is 71.6 Å². The maximum atomic E-state index is 14.0. The Morgan fingerprint density at radius 2 is 1.48 bits per heavy atom. The molecule has 3 aromatic carbocycles. The number of carbonyl (C=O) groups excluding carboxylic acids is 2. The van der Waals surface area contributed by atoms with Crippen molar-refractivity contribution in [3.05, 3.63) is 94.0 Å². The smallest absolute Gasteiger partial charge is 0.264 e. The lowest BCUT2D eigenvalue weighted by Gasteiger charge is -2.32. The first-order valence-electron chi connectivity index (χ1n) is 13.3. The second-order valence-electron chi connectivity index (χ2n) is 10.6. The van der Waals surface area contributed by atoms with Crippen molar-refractivity contribution in [2.24, 2.45) is 5.92 Å². The molecule has 1 atom stereocenters. The highest BCUT2D eigenvalue weighted by atomic mass is 35.5. The van der Waals surface area contributed by atoms with Gasteiger partial charge in [-0.05, 0) is 80.6 Å². The van der Waals surface area contributed by atoms with E-state index in [9.17, 15) is 18.0 Å². The molecule has 0 spiro atoms. The molecule has 3 aromatic rings. The van der Waals surface area contributed by atoms with Crippen LogP contribution in [0.4, 0.5) is 5.69 Å². The van der Waals surface area contributed by atoms with E-state index in [1.807, 2.05) is 46.8 Å². The van der Waals surface area contributed by atoms with Crippen LogP contribution < -0.4 is 9.62 Å². The average molecular weight is 584 g/mol. The first-order chi connectivity index (χ1) is 18.8. The largest absolute Gasteiger partial charge is 0.354 e. The fourth-order valence-electron chi connectivity index (χ4n) is 4.16. The summed E-state index contributed by atoms with van der Waals surface area (Å²) >= 11 is 6.06. The molecule has 0 radical (unpaired) electrons. The maximum Gasteiger partial charge on any atom is 0.264 e. The molecule has 2 amide bonds. The average Bonchev–Trinajstić information content (AvgIpc) is 2.91. The van der Waals surface area contributed by atoms with E-state index >= 15 is 0 Å². The van der Waals surface area contributed by atoms with Gasteiger partial charge in [-0.1, -0.05) is 67.4 Å². The lowest BCUT2D eigenvalue weighted by atomic mass is 10.1. The van der Waals surface area contributed by atoms with Crippen LogP contribution >= 0.6 is 11.6 Å². The van der Waals surface area contributed by atoms with Crippen molar-refractivity contribution in [3.63, 3.8) is 0 Å². The van der Waals surface area contributed by atoms with E-state index < -0.39 is 28.5 Å². The third-order valence-electron chi connectivity index (χ3n) is 6.64. The van der Waals surface area contributed by atoms with Crippen molar-refractivity contribution in [2.45, 2.75) is 59.0 Å². The van der Waals surface area contributed by atoms with Crippen molar-refractivity contribution in [1.29, 1.82) is 0 Å². The summed E-state index contributed by atoms with van der Waals surface area (Å²) in [6, 6.07) is 18.2. The van der Waals surface area contributed by atoms with Gasteiger partial charge < -0.3 is 10.2 Å². The minimum Gasteiger partial charge on any atom is -0.354 e. The third kappa shape index (κ3) is 7.86. The SMILES string of the molecule is Cc1ccc(S(=O)(=O)N(CC(=O)N(Cc2ccc(Cl)cc2)[C@H](C)C(=O)NCC(C)C)c2cc(C)ccc2C)cc1. The van der Waals surface area contributed by atoms with Crippen molar-refractivity contribution >= 4 is 39.1 Å². The molecule has 0 saturated heterocycles. The van der Waals surface area contributed by atoms with Crippen LogP contribution in [0.5, 0.6) is 0 Å². The Morgan fingerprint density at radius 1 is 0.875 bits per heavy atom. The molecular formula is C31H38ClN3O4S. The van der Waals surface area contributed by atoms with E-state index in [4.69, 9.17) is 11.6 Å². The number of halogens is 1. The minimum absolute atomic E-state index is 0.0822. The highest BCUT2D eigenvalue weighted by molar-refractivity contribution is 7.92. The Morgan fingerprint density at radius 3 is 2.08 bits per heavy atom. The lowest BCUT2D eigenvalue weighted by Crippen LogP contribution is -2.51. The normalized spacial score (nSPS) is 12.2. The highest BCUT2D eigenvalue weighted by Crippen LogP contribution is 2.29. The van der Waals surface area contributed by atoms with E-state index in [1.165, 1.54) is 4.90 Å². The zero-order chi connectivity index (χ0) is 29.6. The zero-order valence-electron chi connectivity index (χ0n) is 23.9. The van der Waals surface area contributed by atoms with Gasteiger partial charge in [-0.25, -0.2) is 8.42 Å². The fourth-order valence-corrected chi connectivity index (χ4v) is 5.76. The highest BCUT2D eigenvalue weighted by Gasteiger charge is 2.33.